The fourth-order valence-electron chi connectivity index (χ4n) is 2.25. The molecule has 0 aliphatic carbocycles. The zero-order chi connectivity index (χ0) is 15.6. The van der Waals surface area contributed by atoms with Gasteiger partial charge in [0.15, 0.2) is 0 Å². The van der Waals surface area contributed by atoms with Gasteiger partial charge in [-0.15, -0.1) is 0 Å². The van der Waals surface area contributed by atoms with E-state index in [2.05, 4.69) is 11.4 Å². The molecule has 0 aliphatic rings. The molecule has 4 heteroatoms. The molecule has 0 aromatic heterocycles. The second kappa shape index (κ2) is 6.12. The van der Waals surface area contributed by atoms with Crippen LogP contribution >= 0.6 is 0 Å². The number of hydrogen-bond donors (Lipinski definition) is 1. The Labute approximate surface area is 124 Å². The summed E-state index contributed by atoms with van der Waals surface area (Å²) < 4.78 is 26.7. The Morgan fingerprint density at radius 1 is 1.05 bits per heavy atom. The lowest BCUT2D eigenvalue weighted by Gasteiger charge is -2.20. The molecule has 1 unspecified atom stereocenters. The molecule has 0 heterocycles. The summed E-state index contributed by atoms with van der Waals surface area (Å²) in [7, 11) is 3.97. The van der Waals surface area contributed by atoms with Gasteiger partial charge in [-0.25, -0.2) is 8.78 Å². The summed E-state index contributed by atoms with van der Waals surface area (Å²) in [5, 5.41) is 3.27. The smallest absolute Gasteiger partial charge is 0.131 e. The highest BCUT2D eigenvalue weighted by Gasteiger charge is 2.12. The van der Waals surface area contributed by atoms with Gasteiger partial charge in [-0.3, -0.25) is 0 Å². The normalized spacial score (nSPS) is 12.1. The van der Waals surface area contributed by atoms with Crippen molar-refractivity contribution in [2.24, 2.45) is 0 Å². The van der Waals surface area contributed by atoms with Crippen molar-refractivity contribution in [1.29, 1.82) is 0 Å². The predicted molar refractivity (Wildman–Crippen MR) is 83.9 cm³/mol. The van der Waals surface area contributed by atoms with Gasteiger partial charge < -0.3 is 10.2 Å². The number of hydrogen-bond acceptors (Lipinski definition) is 2. The summed E-state index contributed by atoms with van der Waals surface area (Å²) in [6.45, 7) is 3.86. The topological polar surface area (TPSA) is 15.3 Å². The van der Waals surface area contributed by atoms with Crippen LogP contribution in [-0.4, -0.2) is 14.1 Å². The van der Waals surface area contributed by atoms with E-state index in [1.807, 2.05) is 45.0 Å². The van der Waals surface area contributed by atoms with Crippen LogP contribution in [0.25, 0.3) is 0 Å². The van der Waals surface area contributed by atoms with Gasteiger partial charge in [0.1, 0.15) is 11.6 Å². The molecule has 1 atom stereocenters. The lowest BCUT2D eigenvalue weighted by atomic mass is 10.1. The second-order valence-electron chi connectivity index (χ2n) is 5.43. The highest BCUT2D eigenvalue weighted by Crippen LogP contribution is 2.26. The van der Waals surface area contributed by atoms with E-state index in [-0.39, 0.29) is 6.04 Å². The molecule has 0 fully saturated rings. The second-order valence-corrected chi connectivity index (χ2v) is 5.43. The third-order valence-electron chi connectivity index (χ3n) is 3.53. The van der Waals surface area contributed by atoms with E-state index >= 15 is 0 Å². The third kappa shape index (κ3) is 3.51. The monoisotopic (exact) mass is 290 g/mol. The Hall–Kier alpha value is -2.10. The van der Waals surface area contributed by atoms with Crippen LogP contribution in [-0.2, 0) is 0 Å². The van der Waals surface area contributed by atoms with Gasteiger partial charge in [-0.1, -0.05) is 6.07 Å². The van der Waals surface area contributed by atoms with Crippen LogP contribution in [0.4, 0.5) is 20.2 Å². The summed E-state index contributed by atoms with van der Waals surface area (Å²) in [6.07, 6.45) is 0. The van der Waals surface area contributed by atoms with E-state index in [1.165, 1.54) is 12.1 Å². The Kier molecular flexibility index (Phi) is 4.46. The molecular weight excluding hydrogens is 270 g/mol. The molecule has 0 aliphatic heterocycles. The van der Waals surface area contributed by atoms with Crippen LogP contribution in [0.3, 0.4) is 0 Å². The molecule has 2 nitrogen and oxygen atoms in total. The molecule has 0 spiro atoms. The predicted octanol–water partition coefficient (Wildman–Crippen LogP) is 4.51. The summed E-state index contributed by atoms with van der Waals surface area (Å²) in [6, 6.07) is 9.47. The Morgan fingerprint density at radius 2 is 1.76 bits per heavy atom. The minimum atomic E-state index is -0.560. The Balaban J connectivity index is 2.21. The molecule has 0 saturated carbocycles. The van der Waals surface area contributed by atoms with E-state index in [1.54, 1.807) is 0 Å². The van der Waals surface area contributed by atoms with Crippen molar-refractivity contribution in [2.45, 2.75) is 19.9 Å². The van der Waals surface area contributed by atoms with Crippen LogP contribution in [0.5, 0.6) is 0 Å². The number of benzene rings is 2. The molecule has 112 valence electrons. The summed E-state index contributed by atoms with van der Waals surface area (Å²) in [4.78, 5) is 2.03. The number of aryl methyl sites for hydroxylation is 1. The lowest BCUT2D eigenvalue weighted by Crippen LogP contribution is -2.11. The van der Waals surface area contributed by atoms with E-state index in [0.717, 1.165) is 23.0 Å². The average molecular weight is 290 g/mol. The molecule has 0 bridgehead atoms. The molecule has 2 rings (SSSR count). The minimum Gasteiger partial charge on any atom is -0.378 e. The highest BCUT2D eigenvalue weighted by molar-refractivity contribution is 5.60. The first-order chi connectivity index (χ1) is 9.88. The fourth-order valence-corrected chi connectivity index (χ4v) is 2.25. The largest absolute Gasteiger partial charge is 0.378 e. The Bertz CT molecular complexity index is 639. The van der Waals surface area contributed by atoms with Crippen molar-refractivity contribution in [1.82, 2.24) is 0 Å². The van der Waals surface area contributed by atoms with Crippen molar-refractivity contribution in [3.05, 3.63) is 59.2 Å². The first-order valence-electron chi connectivity index (χ1n) is 6.88. The van der Waals surface area contributed by atoms with Crippen molar-refractivity contribution >= 4 is 11.4 Å². The number of nitrogens with one attached hydrogen (secondary N) is 1. The molecule has 0 radical (unpaired) electrons. The van der Waals surface area contributed by atoms with Gasteiger partial charge in [0.2, 0.25) is 0 Å². The van der Waals surface area contributed by atoms with Crippen LogP contribution in [0.2, 0.25) is 0 Å². The van der Waals surface area contributed by atoms with E-state index in [0.29, 0.717) is 5.56 Å². The molecule has 1 N–H and O–H groups in total. The van der Waals surface area contributed by atoms with Crippen LogP contribution in [0.15, 0.2) is 36.4 Å². The maximum atomic E-state index is 13.8. The average Bonchev–Trinajstić information content (AvgIpc) is 2.40. The number of nitrogens with zero attached hydrogens (tertiary/aromatic N) is 1. The molecule has 0 saturated heterocycles. The Morgan fingerprint density at radius 3 is 2.33 bits per heavy atom. The van der Waals surface area contributed by atoms with Gasteiger partial charge in [0, 0.05) is 37.1 Å². The summed E-state index contributed by atoms with van der Waals surface area (Å²) >= 11 is 0. The molecule has 0 amide bonds. The van der Waals surface area contributed by atoms with E-state index in [9.17, 15) is 8.78 Å². The molecule has 2 aromatic carbocycles. The van der Waals surface area contributed by atoms with Crippen LogP contribution < -0.4 is 10.2 Å². The third-order valence-corrected chi connectivity index (χ3v) is 3.53. The van der Waals surface area contributed by atoms with Gasteiger partial charge in [-0.05, 0) is 43.7 Å². The molecule has 21 heavy (non-hydrogen) atoms. The highest BCUT2D eigenvalue weighted by atomic mass is 19.1. The van der Waals surface area contributed by atoms with Crippen molar-refractivity contribution in [3.8, 4) is 0 Å². The molecule has 2 aromatic rings. The van der Waals surface area contributed by atoms with Crippen LogP contribution in [0, 0.1) is 18.6 Å². The number of anilines is 2. The van der Waals surface area contributed by atoms with Gasteiger partial charge in [0.05, 0.1) is 6.04 Å². The summed E-state index contributed by atoms with van der Waals surface area (Å²) in [5.41, 5.74) is 3.58. The number of halogens is 2. The van der Waals surface area contributed by atoms with E-state index in [4.69, 9.17) is 0 Å². The standard InChI is InChI=1S/C17H20F2N2/c1-11-9-14(21(3)4)6-8-17(11)20-12(2)15-7-5-13(18)10-16(15)19/h5-10,12,20H,1-4H3. The van der Waals surface area contributed by atoms with Gasteiger partial charge in [-0.2, -0.15) is 0 Å². The van der Waals surface area contributed by atoms with Crippen LogP contribution in [0.1, 0.15) is 24.1 Å². The van der Waals surface area contributed by atoms with Gasteiger partial charge in [0.25, 0.3) is 0 Å². The quantitative estimate of drug-likeness (QED) is 0.891. The fraction of sp³-hybridized carbons (Fsp3) is 0.294. The van der Waals surface area contributed by atoms with Crippen molar-refractivity contribution in [3.63, 3.8) is 0 Å². The SMILES string of the molecule is Cc1cc(N(C)C)ccc1NC(C)c1ccc(F)cc1F. The van der Waals surface area contributed by atoms with Crippen molar-refractivity contribution in [2.75, 3.05) is 24.3 Å². The van der Waals surface area contributed by atoms with Gasteiger partial charge >= 0.3 is 0 Å². The first-order valence-corrected chi connectivity index (χ1v) is 6.88. The maximum Gasteiger partial charge on any atom is 0.131 e. The zero-order valence-corrected chi connectivity index (χ0v) is 12.7. The maximum absolute atomic E-state index is 13.8. The van der Waals surface area contributed by atoms with E-state index < -0.39 is 11.6 Å². The number of rotatable bonds is 4. The first kappa shape index (κ1) is 15.3. The molecular formula is C17H20F2N2. The van der Waals surface area contributed by atoms with Crippen molar-refractivity contribution < 1.29 is 8.78 Å². The minimum absolute atomic E-state index is 0.241. The summed E-state index contributed by atoms with van der Waals surface area (Å²) in [5.74, 6) is -1.09. The zero-order valence-electron chi connectivity index (χ0n) is 12.7. The lowest BCUT2D eigenvalue weighted by molar-refractivity contribution is 0.566.